The van der Waals surface area contributed by atoms with Crippen molar-refractivity contribution >= 4 is 11.9 Å². The minimum atomic E-state index is -0.220. The predicted molar refractivity (Wildman–Crippen MR) is 64.5 cm³/mol. The number of cyclic esters (lactones) is 2. The number of rotatable bonds is 0. The van der Waals surface area contributed by atoms with Crippen molar-refractivity contribution < 1.29 is 14.3 Å². The highest BCUT2D eigenvalue weighted by Crippen LogP contribution is 2.72. The lowest BCUT2D eigenvalue weighted by atomic mass is 9.76. The highest BCUT2D eigenvalue weighted by atomic mass is 16.6. The lowest BCUT2D eigenvalue weighted by molar-refractivity contribution is -0.154. The highest BCUT2D eigenvalue weighted by Gasteiger charge is 2.69. The van der Waals surface area contributed by atoms with E-state index in [1.807, 2.05) is 0 Å². The van der Waals surface area contributed by atoms with Gasteiger partial charge in [0.1, 0.15) is 0 Å². The van der Waals surface area contributed by atoms with Crippen LogP contribution in [0.15, 0.2) is 11.1 Å². The van der Waals surface area contributed by atoms with E-state index in [-0.39, 0.29) is 23.8 Å². The quantitative estimate of drug-likeness (QED) is 0.378. The molecule has 98 valence electrons. The molecule has 0 radical (unpaired) electrons. The summed E-state index contributed by atoms with van der Waals surface area (Å²) in [7, 11) is 0. The Balaban J connectivity index is 1.54. The Labute approximate surface area is 111 Å². The molecule has 0 amide bonds. The standard InChI is InChI=1S/C16H16O3/c17-15-13-9-4-10(14(13)16(18)19-15)12-8-3-5-1-6(8)7(2-5)11(9)12/h5-10,13-14H,1-4H2/t5?,6?,7-,8-,9+,10+,13-,14-/m1/s1. The SMILES string of the molecule is O=C1OC(=O)[C@H]2[C@H]1[C@H]1C[C@H]2C2=C1[C@@H]1CC3CC1[C@H]2C3. The van der Waals surface area contributed by atoms with Gasteiger partial charge < -0.3 is 4.74 Å². The van der Waals surface area contributed by atoms with E-state index in [1.165, 1.54) is 19.3 Å². The number of ether oxygens (including phenoxy) is 1. The molecule has 6 aliphatic rings. The Morgan fingerprint density at radius 2 is 1.32 bits per heavy atom. The molecule has 6 rings (SSSR count). The van der Waals surface area contributed by atoms with Crippen LogP contribution in [0.2, 0.25) is 0 Å². The van der Waals surface area contributed by atoms with Crippen molar-refractivity contribution in [1.29, 1.82) is 0 Å². The molecule has 0 unspecified atom stereocenters. The van der Waals surface area contributed by atoms with Crippen LogP contribution in [0.5, 0.6) is 0 Å². The van der Waals surface area contributed by atoms with Crippen LogP contribution < -0.4 is 0 Å². The van der Waals surface area contributed by atoms with Crippen LogP contribution >= 0.6 is 0 Å². The third-order valence-electron chi connectivity index (χ3n) is 7.25. The van der Waals surface area contributed by atoms with Gasteiger partial charge in [-0.3, -0.25) is 9.59 Å². The van der Waals surface area contributed by atoms with Gasteiger partial charge in [0.05, 0.1) is 11.8 Å². The van der Waals surface area contributed by atoms with Crippen molar-refractivity contribution in [1.82, 2.24) is 0 Å². The van der Waals surface area contributed by atoms with Gasteiger partial charge in [-0.1, -0.05) is 11.1 Å². The molecule has 5 aliphatic carbocycles. The molecule has 6 atom stereocenters. The van der Waals surface area contributed by atoms with Crippen LogP contribution in [0.3, 0.4) is 0 Å². The molecule has 0 aromatic carbocycles. The van der Waals surface area contributed by atoms with Crippen LogP contribution in [0.4, 0.5) is 0 Å². The van der Waals surface area contributed by atoms with Gasteiger partial charge in [0.2, 0.25) is 0 Å². The van der Waals surface area contributed by atoms with Gasteiger partial charge in [0, 0.05) is 0 Å². The number of carbonyl (C=O) groups excluding carboxylic acids is 2. The van der Waals surface area contributed by atoms with Gasteiger partial charge in [0.15, 0.2) is 0 Å². The first kappa shape index (κ1) is 9.73. The Kier molecular flexibility index (Phi) is 1.37. The zero-order valence-corrected chi connectivity index (χ0v) is 10.7. The summed E-state index contributed by atoms with van der Waals surface area (Å²) in [6.45, 7) is 0. The van der Waals surface area contributed by atoms with E-state index in [4.69, 9.17) is 4.74 Å². The molecule has 3 nitrogen and oxygen atoms in total. The first-order valence-electron chi connectivity index (χ1n) is 7.73. The molecule has 1 heterocycles. The van der Waals surface area contributed by atoms with E-state index < -0.39 is 0 Å². The fourth-order valence-corrected chi connectivity index (χ4v) is 7.04. The van der Waals surface area contributed by atoms with Crippen LogP contribution in [0.1, 0.15) is 25.7 Å². The molecule has 19 heavy (non-hydrogen) atoms. The zero-order chi connectivity index (χ0) is 12.5. The number of esters is 2. The van der Waals surface area contributed by atoms with Crippen molar-refractivity contribution in [3.05, 3.63) is 11.1 Å². The van der Waals surface area contributed by atoms with Crippen LogP contribution in [0, 0.1) is 47.3 Å². The second kappa shape index (κ2) is 2.68. The van der Waals surface area contributed by atoms with E-state index >= 15 is 0 Å². The smallest absolute Gasteiger partial charge is 0.318 e. The van der Waals surface area contributed by atoms with Crippen LogP contribution in [0.25, 0.3) is 0 Å². The Bertz CT molecular complexity index is 543. The van der Waals surface area contributed by atoms with Crippen LogP contribution in [-0.4, -0.2) is 11.9 Å². The topological polar surface area (TPSA) is 43.4 Å². The third-order valence-corrected chi connectivity index (χ3v) is 7.25. The zero-order valence-electron chi connectivity index (χ0n) is 10.7. The molecule has 1 saturated heterocycles. The van der Waals surface area contributed by atoms with Crippen LogP contribution in [-0.2, 0) is 14.3 Å². The van der Waals surface area contributed by atoms with Crippen molar-refractivity contribution in [3.63, 3.8) is 0 Å². The van der Waals surface area contributed by atoms with Gasteiger partial charge in [-0.25, -0.2) is 0 Å². The highest BCUT2D eigenvalue weighted by molar-refractivity contribution is 5.98. The maximum Gasteiger partial charge on any atom is 0.318 e. The maximum atomic E-state index is 12.0. The monoisotopic (exact) mass is 256 g/mol. The molecular formula is C16H16O3. The largest absolute Gasteiger partial charge is 0.393 e. The normalized spacial score (nSPS) is 59.2. The minimum Gasteiger partial charge on any atom is -0.393 e. The summed E-state index contributed by atoms with van der Waals surface area (Å²) in [6.07, 6.45) is 5.22. The molecular weight excluding hydrogens is 240 g/mol. The third kappa shape index (κ3) is 0.836. The summed E-state index contributed by atoms with van der Waals surface area (Å²) in [5, 5.41) is 0. The summed E-state index contributed by atoms with van der Waals surface area (Å²) < 4.78 is 4.93. The number of fused-ring (bicyclic) bond motifs is 10. The molecule has 1 aliphatic heterocycles. The Hall–Kier alpha value is -1.12. The lowest BCUT2D eigenvalue weighted by Crippen LogP contribution is -2.27. The van der Waals surface area contributed by atoms with E-state index in [9.17, 15) is 9.59 Å². The minimum absolute atomic E-state index is 0.104. The van der Waals surface area contributed by atoms with Gasteiger partial charge in [0.25, 0.3) is 0 Å². The summed E-state index contributed by atoms with van der Waals surface area (Å²) in [5.41, 5.74) is 3.29. The summed E-state index contributed by atoms with van der Waals surface area (Å²) in [5.74, 6) is 3.47. The van der Waals surface area contributed by atoms with E-state index in [0.29, 0.717) is 11.8 Å². The lowest BCUT2D eigenvalue weighted by Gasteiger charge is -2.25. The summed E-state index contributed by atoms with van der Waals surface area (Å²) in [4.78, 5) is 23.9. The van der Waals surface area contributed by atoms with Crippen molar-refractivity contribution in [2.45, 2.75) is 25.7 Å². The average Bonchev–Trinajstić information content (AvgIpc) is 3.10. The summed E-state index contributed by atoms with van der Waals surface area (Å²) >= 11 is 0. The van der Waals surface area contributed by atoms with E-state index in [0.717, 1.165) is 30.1 Å². The van der Waals surface area contributed by atoms with Gasteiger partial charge in [-0.05, 0) is 61.2 Å². The van der Waals surface area contributed by atoms with Crippen molar-refractivity contribution in [2.75, 3.05) is 0 Å². The number of hydrogen-bond acceptors (Lipinski definition) is 3. The number of carbonyl (C=O) groups is 2. The van der Waals surface area contributed by atoms with Crippen molar-refractivity contribution in [3.8, 4) is 0 Å². The molecule has 0 spiro atoms. The Morgan fingerprint density at radius 1 is 0.737 bits per heavy atom. The van der Waals surface area contributed by atoms with Gasteiger partial charge in [-0.15, -0.1) is 0 Å². The summed E-state index contributed by atoms with van der Waals surface area (Å²) in [6, 6.07) is 0. The molecule has 0 aromatic rings. The molecule has 3 saturated carbocycles. The number of hydrogen-bond donors (Lipinski definition) is 0. The van der Waals surface area contributed by atoms with Crippen molar-refractivity contribution in [2.24, 2.45) is 47.3 Å². The molecule has 0 N–H and O–H groups in total. The molecule has 4 bridgehead atoms. The van der Waals surface area contributed by atoms with E-state index in [2.05, 4.69) is 0 Å². The molecule has 4 fully saturated rings. The first-order chi connectivity index (χ1) is 9.24. The molecule has 3 heteroatoms. The maximum absolute atomic E-state index is 12.0. The fourth-order valence-electron chi connectivity index (χ4n) is 7.04. The molecule has 0 aromatic heterocycles. The fraction of sp³-hybridized carbons (Fsp3) is 0.750. The second-order valence-electron chi connectivity index (χ2n) is 7.60. The second-order valence-corrected chi connectivity index (χ2v) is 7.60. The van der Waals surface area contributed by atoms with Gasteiger partial charge in [-0.2, -0.15) is 0 Å². The predicted octanol–water partition coefficient (Wildman–Crippen LogP) is 1.92. The van der Waals surface area contributed by atoms with Gasteiger partial charge >= 0.3 is 11.9 Å². The number of allylic oxidation sites excluding steroid dienone is 2. The van der Waals surface area contributed by atoms with E-state index in [1.54, 1.807) is 11.1 Å². The Morgan fingerprint density at radius 3 is 1.84 bits per heavy atom. The average molecular weight is 256 g/mol. The first-order valence-corrected chi connectivity index (χ1v) is 7.73.